The number of nitro groups is 1. The van der Waals surface area contributed by atoms with Gasteiger partial charge in [0.05, 0.1) is 17.6 Å². The standard InChI is InChI=1S/C20H25N3O5/c1-21(2)19(12-13-27-18-7-5-6-16(14-18)23(25)26)15-8-10-17(11-9-15)28-20(24)22(3)4/h5-11,14,19H,12-13H2,1-4H3. The van der Waals surface area contributed by atoms with E-state index in [0.717, 1.165) is 5.56 Å². The van der Waals surface area contributed by atoms with Crippen LogP contribution in [-0.4, -0.2) is 55.6 Å². The van der Waals surface area contributed by atoms with Crippen molar-refractivity contribution in [3.05, 3.63) is 64.2 Å². The van der Waals surface area contributed by atoms with E-state index in [-0.39, 0.29) is 11.7 Å². The summed E-state index contributed by atoms with van der Waals surface area (Å²) in [4.78, 5) is 25.5. The Morgan fingerprint density at radius 2 is 1.75 bits per heavy atom. The van der Waals surface area contributed by atoms with Crippen LogP contribution in [0.2, 0.25) is 0 Å². The molecule has 0 radical (unpaired) electrons. The van der Waals surface area contributed by atoms with Crippen LogP contribution in [0, 0.1) is 10.1 Å². The molecule has 8 nitrogen and oxygen atoms in total. The lowest BCUT2D eigenvalue weighted by atomic mass is 10.0. The molecule has 1 atom stereocenters. The van der Waals surface area contributed by atoms with Crippen molar-refractivity contribution in [3.63, 3.8) is 0 Å². The monoisotopic (exact) mass is 387 g/mol. The van der Waals surface area contributed by atoms with Crippen LogP contribution in [0.1, 0.15) is 18.0 Å². The zero-order valence-corrected chi connectivity index (χ0v) is 16.5. The quantitative estimate of drug-likeness (QED) is 0.507. The summed E-state index contributed by atoms with van der Waals surface area (Å²) in [6.07, 6.45) is 0.259. The molecule has 0 aromatic heterocycles. The molecule has 0 aliphatic heterocycles. The van der Waals surface area contributed by atoms with Gasteiger partial charge in [0.25, 0.3) is 5.69 Å². The molecular weight excluding hydrogens is 362 g/mol. The number of ether oxygens (including phenoxy) is 2. The van der Waals surface area contributed by atoms with Gasteiger partial charge in [0.15, 0.2) is 0 Å². The van der Waals surface area contributed by atoms with Crippen LogP contribution in [-0.2, 0) is 0 Å². The Balaban J connectivity index is 1.98. The molecule has 2 rings (SSSR count). The fourth-order valence-corrected chi connectivity index (χ4v) is 2.65. The lowest BCUT2D eigenvalue weighted by molar-refractivity contribution is -0.384. The second-order valence-corrected chi connectivity index (χ2v) is 6.70. The molecule has 2 aromatic carbocycles. The van der Waals surface area contributed by atoms with Gasteiger partial charge < -0.3 is 19.3 Å². The number of hydrogen-bond donors (Lipinski definition) is 0. The van der Waals surface area contributed by atoms with E-state index in [4.69, 9.17) is 9.47 Å². The Hall–Kier alpha value is -3.13. The minimum absolute atomic E-state index is 0.00418. The van der Waals surface area contributed by atoms with Gasteiger partial charge in [-0.15, -0.1) is 0 Å². The average molecular weight is 387 g/mol. The van der Waals surface area contributed by atoms with Crippen molar-refractivity contribution < 1.29 is 19.2 Å². The Kier molecular flexibility index (Phi) is 7.34. The summed E-state index contributed by atoms with van der Waals surface area (Å²) in [5.41, 5.74) is 1.06. The van der Waals surface area contributed by atoms with Gasteiger partial charge in [0.2, 0.25) is 0 Å². The number of hydrogen-bond acceptors (Lipinski definition) is 6. The first-order valence-corrected chi connectivity index (χ1v) is 8.80. The van der Waals surface area contributed by atoms with E-state index in [2.05, 4.69) is 4.90 Å². The minimum Gasteiger partial charge on any atom is -0.493 e. The van der Waals surface area contributed by atoms with Crippen LogP contribution >= 0.6 is 0 Å². The highest BCUT2D eigenvalue weighted by molar-refractivity contribution is 5.69. The van der Waals surface area contributed by atoms with Gasteiger partial charge in [-0.2, -0.15) is 0 Å². The molecule has 0 aliphatic rings. The highest BCUT2D eigenvalue weighted by Crippen LogP contribution is 2.26. The molecule has 8 heteroatoms. The van der Waals surface area contributed by atoms with E-state index in [1.807, 2.05) is 26.2 Å². The number of nitro benzene ring substituents is 1. The van der Waals surface area contributed by atoms with Gasteiger partial charge in [0.1, 0.15) is 11.5 Å². The largest absolute Gasteiger partial charge is 0.493 e. The summed E-state index contributed by atoms with van der Waals surface area (Å²) >= 11 is 0. The Labute approximate surface area is 164 Å². The molecule has 2 aromatic rings. The average Bonchev–Trinajstić information content (AvgIpc) is 2.66. The number of nitrogens with zero attached hydrogens (tertiary/aromatic N) is 3. The number of amides is 1. The van der Waals surface area contributed by atoms with Crippen molar-refractivity contribution in [2.45, 2.75) is 12.5 Å². The topological polar surface area (TPSA) is 85.1 Å². The van der Waals surface area contributed by atoms with Gasteiger partial charge >= 0.3 is 6.09 Å². The molecular formula is C20H25N3O5. The van der Waals surface area contributed by atoms with Crippen molar-refractivity contribution in [3.8, 4) is 11.5 Å². The van der Waals surface area contributed by atoms with Crippen molar-refractivity contribution in [1.29, 1.82) is 0 Å². The highest BCUT2D eigenvalue weighted by atomic mass is 16.6. The Bertz CT molecular complexity index is 806. The molecule has 0 aliphatic carbocycles. The fourth-order valence-electron chi connectivity index (χ4n) is 2.65. The third-order valence-corrected chi connectivity index (χ3v) is 4.15. The molecule has 0 bridgehead atoms. The van der Waals surface area contributed by atoms with E-state index in [1.54, 1.807) is 38.4 Å². The first kappa shape index (κ1) is 21.2. The lowest BCUT2D eigenvalue weighted by Crippen LogP contribution is -2.25. The van der Waals surface area contributed by atoms with E-state index in [1.165, 1.54) is 17.0 Å². The van der Waals surface area contributed by atoms with E-state index in [0.29, 0.717) is 24.5 Å². The summed E-state index contributed by atoms with van der Waals surface area (Å²) < 4.78 is 10.9. The zero-order valence-electron chi connectivity index (χ0n) is 16.5. The zero-order chi connectivity index (χ0) is 20.7. The summed E-state index contributed by atoms with van der Waals surface area (Å²) in [6, 6.07) is 13.6. The highest BCUT2D eigenvalue weighted by Gasteiger charge is 2.16. The predicted octanol–water partition coefficient (Wildman–Crippen LogP) is 3.73. The third-order valence-electron chi connectivity index (χ3n) is 4.15. The van der Waals surface area contributed by atoms with Gasteiger partial charge in [-0.05, 0) is 37.9 Å². The number of carbonyl (C=O) groups is 1. The maximum absolute atomic E-state index is 11.6. The van der Waals surface area contributed by atoms with Crippen molar-refractivity contribution >= 4 is 11.8 Å². The van der Waals surface area contributed by atoms with Crippen LogP contribution in [0.25, 0.3) is 0 Å². The lowest BCUT2D eigenvalue weighted by Gasteiger charge is -2.25. The van der Waals surface area contributed by atoms with Crippen molar-refractivity contribution in [1.82, 2.24) is 9.80 Å². The molecule has 0 heterocycles. The fraction of sp³-hybridized carbons (Fsp3) is 0.350. The van der Waals surface area contributed by atoms with Crippen molar-refractivity contribution in [2.24, 2.45) is 0 Å². The number of carbonyl (C=O) groups excluding carboxylic acids is 1. The van der Waals surface area contributed by atoms with Gasteiger partial charge in [0, 0.05) is 32.6 Å². The number of benzene rings is 2. The second-order valence-electron chi connectivity index (χ2n) is 6.70. The SMILES string of the molecule is CN(C)C(=O)Oc1ccc(C(CCOc2cccc([N+](=O)[O-])c2)N(C)C)cc1. The molecule has 0 saturated carbocycles. The minimum atomic E-state index is -0.444. The molecule has 0 saturated heterocycles. The first-order chi connectivity index (χ1) is 13.3. The molecule has 1 unspecified atom stereocenters. The van der Waals surface area contributed by atoms with Crippen LogP contribution in [0.4, 0.5) is 10.5 Å². The molecule has 150 valence electrons. The Morgan fingerprint density at radius 3 is 2.32 bits per heavy atom. The molecule has 1 amide bonds. The van der Waals surface area contributed by atoms with E-state index < -0.39 is 11.0 Å². The summed E-state index contributed by atoms with van der Waals surface area (Å²) in [5.74, 6) is 0.949. The van der Waals surface area contributed by atoms with Gasteiger partial charge in [-0.25, -0.2) is 4.79 Å². The first-order valence-electron chi connectivity index (χ1n) is 8.80. The Morgan fingerprint density at radius 1 is 1.07 bits per heavy atom. The maximum atomic E-state index is 11.6. The van der Waals surface area contributed by atoms with Crippen molar-refractivity contribution in [2.75, 3.05) is 34.8 Å². The molecule has 28 heavy (non-hydrogen) atoms. The number of non-ortho nitro benzene ring substituents is 1. The van der Waals surface area contributed by atoms with Gasteiger partial charge in [-0.3, -0.25) is 10.1 Å². The normalized spacial score (nSPS) is 11.8. The summed E-state index contributed by atoms with van der Waals surface area (Å²) in [6.45, 7) is 0.404. The molecule has 0 fully saturated rings. The summed E-state index contributed by atoms with van der Waals surface area (Å²) in [5, 5.41) is 10.9. The second kappa shape index (κ2) is 9.70. The summed E-state index contributed by atoms with van der Waals surface area (Å²) in [7, 11) is 7.19. The van der Waals surface area contributed by atoms with Crippen LogP contribution in [0.15, 0.2) is 48.5 Å². The van der Waals surface area contributed by atoms with E-state index in [9.17, 15) is 14.9 Å². The number of rotatable bonds is 8. The smallest absolute Gasteiger partial charge is 0.414 e. The maximum Gasteiger partial charge on any atom is 0.414 e. The van der Waals surface area contributed by atoms with Gasteiger partial charge in [-0.1, -0.05) is 18.2 Å². The third kappa shape index (κ3) is 5.95. The molecule has 0 spiro atoms. The van der Waals surface area contributed by atoms with E-state index >= 15 is 0 Å². The van der Waals surface area contributed by atoms with Crippen LogP contribution < -0.4 is 9.47 Å². The van der Waals surface area contributed by atoms with Crippen LogP contribution in [0.5, 0.6) is 11.5 Å². The predicted molar refractivity (Wildman–Crippen MR) is 106 cm³/mol. The molecule has 0 N–H and O–H groups in total. The van der Waals surface area contributed by atoms with Crippen LogP contribution in [0.3, 0.4) is 0 Å².